The van der Waals surface area contributed by atoms with E-state index in [1.807, 2.05) is 0 Å². The number of aromatic carboxylic acids is 1. The molecule has 0 aliphatic heterocycles. The molecule has 3 N–H and O–H groups in total. The third-order valence-corrected chi connectivity index (χ3v) is 1.98. The van der Waals surface area contributed by atoms with Crippen molar-refractivity contribution in [1.29, 1.82) is 0 Å². The predicted molar refractivity (Wildman–Crippen MR) is 52.3 cm³/mol. The number of carboxylic acid groups (broad SMARTS) is 1. The molecule has 1 rings (SSSR count). The Kier molecular flexibility index (Phi) is 3.67. The Balaban J connectivity index is 3.41. The first-order valence-electron chi connectivity index (χ1n) is 4.23. The van der Waals surface area contributed by atoms with Gasteiger partial charge in [-0.3, -0.25) is 0 Å². The van der Waals surface area contributed by atoms with Gasteiger partial charge in [0, 0.05) is 12.1 Å². The van der Waals surface area contributed by atoms with Gasteiger partial charge in [-0.1, -0.05) is 0 Å². The lowest BCUT2D eigenvalue weighted by Gasteiger charge is -2.16. The Morgan fingerprint density at radius 3 is 2.19 bits per heavy atom. The zero-order chi connectivity index (χ0) is 12.3. The quantitative estimate of drug-likeness (QED) is 0.618. The fraction of sp³-hybridized carbons (Fsp3) is 0.222. The maximum absolute atomic E-state index is 10.8. The zero-order valence-electron chi connectivity index (χ0n) is 8.68. The van der Waals surface area contributed by atoms with Gasteiger partial charge in [0.15, 0.2) is 17.2 Å². The lowest BCUT2D eigenvalue weighted by molar-refractivity contribution is -0.991. The number of benzene rings is 1. The van der Waals surface area contributed by atoms with Crippen molar-refractivity contribution in [2.45, 2.75) is 0 Å². The fourth-order valence-electron chi connectivity index (χ4n) is 1.23. The topological polar surface area (TPSA) is 103 Å². The van der Waals surface area contributed by atoms with Gasteiger partial charge in [0.2, 0.25) is 0 Å². The van der Waals surface area contributed by atoms with Gasteiger partial charge in [0.25, 0.3) is 0 Å². The molecule has 0 heterocycles. The molecule has 1 unspecified atom stereocenters. The first-order chi connectivity index (χ1) is 7.51. The van der Waals surface area contributed by atoms with E-state index in [0.29, 0.717) is 0 Å². The number of hydrogen-bond acceptors (Lipinski definition) is 5. The largest absolute Gasteiger partial charge is 0.595 e. The Hall–Kier alpha value is -1.83. The summed E-state index contributed by atoms with van der Waals surface area (Å²) in [7, 11) is 2.67. The minimum Gasteiger partial charge on any atom is -0.595 e. The van der Waals surface area contributed by atoms with E-state index >= 15 is 0 Å². The Labute approximate surface area is 91.0 Å². The number of quaternary nitrogens is 1. The van der Waals surface area contributed by atoms with Crippen LogP contribution in [0, 0.1) is 5.21 Å². The van der Waals surface area contributed by atoms with E-state index in [1.54, 1.807) is 0 Å². The van der Waals surface area contributed by atoms with Crippen LogP contribution in [0.4, 0.5) is 5.69 Å². The molecule has 0 spiro atoms. The summed E-state index contributed by atoms with van der Waals surface area (Å²) in [5, 5.41) is 27.2. The van der Waals surface area contributed by atoms with E-state index in [-0.39, 0.29) is 22.7 Å². The third kappa shape index (κ3) is 2.22. The molecule has 16 heavy (non-hydrogen) atoms. The summed E-state index contributed by atoms with van der Waals surface area (Å²) in [4.78, 5) is 10.8. The van der Waals surface area contributed by atoms with Crippen LogP contribution < -0.4 is 14.7 Å². The van der Waals surface area contributed by atoms with Gasteiger partial charge in [0.05, 0.1) is 14.2 Å². The van der Waals surface area contributed by atoms with Crippen LogP contribution >= 0.6 is 0 Å². The maximum atomic E-state index is 10.8. The third-order valence-electron chi connectivity index (χ3n) is 1.98. The molecule has 1 aromatic rings. The van der Waals surface area contributed by atoms with Crippen LogP contribution in [0.5, 0.6) is 11.5 Å². The SMILES string of the molecule is COc1cc(C(=O)O)c([NH+]([O-])O)cc1OC. The van der Waals surface area contributed by atoms with Crippen molar-refractivity contribution in [3.05, 3.63) is 22.9 Å². The molecular weight excluding hydrogens is 218 g/mol. The summed E-state index contributed by atoms with van der Waals surface area (Å²) in [6.07, 6.45) is 0. The van der Waals surface area contributed by atoms with Gasteiger partial charge in [-0.2, -0.15) is 5.23 Å². The van der Waals surface area contributed by atoms with Crippen molar-refractivity contribution in [3.8, 4) is 11.5 Å². The number of nitrogens with one attached hydrogen (secondary N) is 1. The van der Waals surface area contributed by atoms with Crippen molar-refractivity contribution in [3.63, 3.8) is 0 Å². The summed E-state index contributed by atoms with van der Waals surface area (Å²) in [5.74, 6) is -0.992. The molecular formula is C9H11NO6. The monoisotopic (exact) mass is 229 g/mol. The summed E-state index contributed by atoms with van der Waals surface area (Å²) in [5.41, 5.74) is -0.685. The van der Waals surface area contributed by atoms with Crippen LogP contribution in [-0.2, 0) is 0 Å². The summed E-state index contributed by atoms with van der Waals surface area (Å²) >= 11 is 0. The Morgan fingerprint density at radius 1 is 1.31 bits per heavy atom. The predicted octanol–water partition coefficient (Wildman–Crippen LogP) is -0.195. The molecule has 88 valence electrons. The molecule has 0 aromatic heterocycles. The van der Waals surface area contributed by atoms with E-state index in [4.69, 9.17) is 19.8 Å². The molecule has 0 aliphatic carbocycles. The van der Waals surface area contributed by atoms with Gasteiger partial charge >= 0.3 is 5.97 Å². The molecule has 1 atom stereocenters. The highest BCUT2D eigenvalue weighted by Crippen LogP contribution is 2.31. The van der Waals surface area contributed by atoms with E-state index < -0.39 is 11.2 Å². The van der Waals surface area contributed by atoms with Crippen LogP contribution in [0.1, 0.15) is 10.4 Å². The molecule has 0 saturated heterocycles. The van der Waals surface area contributed by atoms with Crippen LogP contribution in [0.3, 0.4) is 0 Å². The average molecular weight is 229 g/mol. The first-order valence-corrected chi connectivity index (χ1v) is 4.23. The van der Waals surface area contributed by atoms with E-state index in [0.717, 1.165) is 12.1 Å². The summed E-state index contributed by atoms with van der Waals surface area (Å²) in [6, 6.07) is 2.23. The maximum Gasteiger partial charge on any atom is 0.342 e. The number of hydrogen-bond donors (Lipinski definition) is 3. The number of methoxy groups -OCH3 is 2. The normalized spacial score (nSPS) is 12.0. The molecule has 0 saturated carbocycles. The fourth-order valence-corrected chi connectivity index (χ4v) is 1.23. The average Bonchev–Trinajstić information content (AvgIpc) is 2.26. The van der Waals surface area contributed by atoms with Crippen LogP contribution in [0.25, 0.3) is 0 Å². The molecule has 0 bridgehead atoms. The van der Waals surface area contributed by atoms with Crippen molar-refractivity contribution >= 4 is 11.7 Å². The van der Waals surface area contributed by atoms with E-state index in [1.165, 1.54) is 14.2 Å². The first kappa shape index (κ1) is 12.2. The lowest BCUT2D eigenvalue weighted by Crippen LogP contribution is -2.99. The van der Waals surface area contributed by atoms with Gasteiger partial charge in [0.1, 0.15) is 5.56 Å². The second kappa shape index (κ2) is 4.79. The minimum absolute atomic E-state index is 0.171. The molecule has 0 aliphatic rings. The van der Waals surface area contributed by atoms with Gasteiger partial charge in [-0.15, -0.1) is 0 Å². The van der Waals surface area contributed by atoms with Gasteiger partial charge in [-0.25, -0.2) is 10.0 Å². The van der Waals surface area contributed by atoms with E-state index in [2.05, 4.69) is 0 Å². The summed E-state index contributed by atoms with van der Waals surface area (Å²) < 4.78 is 9.76. The highest BCUT2D eigenvalue weighted by Gasteiger charge is 2.20. The lowest BCUT2D eigenvalue weighted by atomic mass is 10.1. The van der Waals surface area contributed by atoms with Gasteiger partial charge < -0.3 is 19.8 Å². The number of carbonyl (C=O) groups is 1. The Morgan fingerprint density at radius 2 is 1.81 bits per heavy atom. The molecule has 0 radical (unpaired) electrons. The van der Waals surface area contributed by atoms with Crippen molar-refractivity contribution in [1.82, 2.24) is 0 Å². The van der Waals surface area contributed by atoms with Crippen LogP contribution in [0.2, 0.25) is 0 Å². The van der Waals surface area contributed by atoms with Crippen molar-refractivity contribution in [2.24, 2.45) is 0 Å². The second-order valence-electron chi connectivity index (χ2n) is 2.86. The Bertz CT molecular complexity index is 403. The highest BCUT2D eigenvalue weighted by atomic mass is 16.8. The molecule has 0 amide bonds. The number of carboxylic acids is 1. The molecule has 0 fully saturated rings. The second-order valence-corrected chi connectivity index (χ2v) is 2.86. The zero-order valence-corrected chi connectivity index (χ0v) is 8.68. The molecule has 1 aromatic carbocycles. The smallest absolute Gasteiger partial charge is 0.342 e. The van der Waals surface area contributed by atoms with Crippen molar-refractivity contribution < 1.29 is 29.8 Å². The van der Waals surface area contributed by atoms with E-state index in [9.17, 15) is 10.0 Å². The standard InChI is InChI=1S/C9H11NO6/c1-15-7-3-5(9(11)12)6(10(13)14)4-8(7)16-2/h3-4,10,13H,1-2H3,(H,11,12). The van der Waals surface area contributed by atoms with Gasteiger partial charge in [-0.05, 0) is 0 Å². The highest BCUT2D eigenvalue weighted by molar-refractivity contribution is 5.93. The molecule has 7 heteroatoms. The van der Waals surface area contributed by atoms with Crippen molar-refractivity contribution in [2.75, 3.05) is 14.2 Å². The minimum atomic E-state index is -1.33. The number of rotatable bonds is 4. The molecule has 7 nitrogen and oxygen atoms in total. The number of ether oxygens (including phenoxy) is 2. The summed E-state index contributed by atoms with van der Waals surface area (Å²) in [6.45, 7) is 0. The van der Waals surface area contributed by atoms with Crippen LogP contribution in [-0.4, -0.2) is 30.5 Å². The van der Waals surface area contributed by atoms with Crippen LogP contribution in [0.15, 0.2) is 12.1 Å².